The molecular formula is C33H34N4O9S3. The molecule has 0 spiro atoms. The van der Waals surface area contributed by atoms with Crippen LogP contribution in [0.2, 0.25) is 0 Å². The molecule has 3 heterocycles. The van der Waals surface area contributed by atoms with Crippen LogP contribution in [0.3, 0.4) is 0 Å². The number of carboxylic acids is 1. The van der Waals surface area contributed by atoms with Crippen molar-refractivity contribution in [1.82, 2.24) is 9.88 Å². The number of aromatic nitrogens is 1. The zero-order valence-corrected chi connectivity index (χ0v) is 28.8. The van der Waals surface area contributed by atoms with Gasteiger partial charge in [0, 0.05) is 27.3 Å². The summed E-state index contributed by atoms with van der Waals surface area (Å²) in [6, 6.07) is 11.4. The lowest BCUT2D eigenvalue weighted by molar-refractivity contribution is -0.156. The smallest absolute Gasteiger partial charge is 0.326 e. The molecule has 2 saturated carbocycles. The second-order valence-electron chi connectivity index (χ2n) is 13.4. The Kier molecular flexibility index (Phi) is 8.48. The predicted octanol–water partition coefficient (Wildman–Crippen LogP) is 3.07. The number of carbonyl (C=O) groups excluding carboxylic acids is 3. The molecule has 7 rings (SSSR count). The van der Waals surface area contributed by atoms with Crippen molar-refractivity contribution >= 4 is 62.5 Å². The summed E-state index contributed by atoms with van der Waals surface area (Å²) in [4.78, 5) is 70.2. The lowest BCUT2D eigenvalue weighted by Gasteiger charge is -2.43. The molecule has 2 aromatic carbocycles. The molecule has 5 N–H and O–H groups in total. The van der Waals surface area contributed by atoms with Crippen LogP contribution in [-0.2, 0) is 29.2 Å². The van der Waals surface area contributed by atoms with Crippen molar-refractivity contribution < 1.29 is 37.4 Å². The number of hydrogen-bond donors (Lipinski definition) is 4. The molecule has 2 aliphatic carbocycles. The van der Waals surface area contributed by atoms with Crippen molar-refractivity contribution in [3.05, 3.63) is 68.6 Å². The van der Waals surface area contributed by atoms with Crippen molar-refractivity contribution in [3.8, 4) is 5.75 Å². The number of fused-ring (bicyclic) bond motifs is 9. The number of anilines is 1. The molecule has 2 aliphatic heterocycles. The number of thiazole rings is 1. The number of nitrogens with two attached hydrogens (primary N) is 1. The molecule has 7 unspecified atom stereocenters. The van der Waals surface area contributed by atoms with Gasteiger partial charge in [-0.3, -0.25) is 24.1 Å². The second-order valence-corrected chi connectivity index (χ2v) is 17.2. The van der Waals surface area contributed by atoms with Gasteiger partial charge < -0.3 is 20.1 Å². The van der Waals surface area contributed by atoms with Crippen LogP contribution in [0, 0.1) is 35.5 Å². The number of aromatic amines is 1. The quantitative estimate of drug-likeness (QED) is 0.225. The van der Waals surface area contributed by atoms with Gasteiger partial charge in [0.25, 0.3) is 5.91 Å². The number of benzene rings is 2. The zero-order valence-electron chi connectivity index (χ0n) is 26.4. The minimum Gasteiger partial charge on any atom is -0.483 e. The van der Waals surface area contributed by atoms with E-state index in [0.717, 1.165) is 26.7 Å². The number of sulfonamides is 1. The summed E-state index contributed by atoms with van der Waals surface area (Å²) < 4.78 is 29.2. The van der Waals surface area contributed by atoms with Gasteiger partial charge in [-0.1, -0.05) is 43.4 Å². The lowest BCUT2D eigenvalue weighted by Crippen LogP contribution is -2.47. The number of nitrogens with zero attached hydrogens (tertiary/aromatic N) is 1. The lowest BCUT2D eigenvalue weighted by atomic mass is 9.68. The van der Waals surface area contributed by atoms with E-state index in [4.69, 9.17) is 9.88 Å². The fourth-order valence-electron chi connectivity index (χ4n) is 8.40. The van der Waals surface area contributed by atoms with E-state index in [1.54, 1.807) is 12.1 Å². The monoisotopic (exact) mass is 726 g/mol. The van der Waals surface area contributed by atoms with Crippen LogP contribution in [0.5, 0.6) is 5.75 Å². The second kappa shape index (κ2) is 12.4. The number of carboxylic acid groups (broad SMARTS) is 1. The zero-order chi connectivity index (χ0) is 34.9. The highest BCUT2D eigenvalue weighted by atomic mass is 32.2. The van der Waals surface area contributed by atoms with E-state index in [0.29, 0.717) is 22.9 Å². The summed E-state index contributed by atoms with van der Waals surface area (Å²) in [6.07, 6.45) is 0.805. The summed E-state index contributed by atoms with van der Waals surface area (Å²) in [7, 11) is -3.89. The Morgan fingerprint density at radius 2 is 1.73 bits per heavy atom. The number of primary sulfonamides is 1. The number of aliphatic carboxylic acids is 1. The van der Waals surface area contributed by atoms with Crippen LogP contribution in [0.15, 0.2) is 63.2 Å². The summed E-state index contributed by atoms with van der Waals surface area (Å²) in [5.74, 6) is -4.34. The summed E-state index contributed by atoms with van der Waals surface area (Å²) in [6.45, 7) is 3.35. The number of ether oxygens (including phenoxy) is 1. The minimum absolute atomic E-state index is 0.0386. The average Bonchev–Trinajstić information content (AvgIpc) is 3.77. The van der Waals surface area contributed by atoms with E-state index in [2.05, 4.69) is 10.3 Å². The molecule has 3 fully saturated rings. The summed E-state index contributed by atoms with van der Waals surface area (Å²) in [5.41, 5.74) is 1.09. The fraction of sp³-hybridized carbons (Fsp3) is 0.424. The van der Waals surface area contributed by atoms with Gasteiger partial charge in [-0.15, -0.1) is 11.8 Å². The molecule has 1 saturated heterocycles. The van der Waals surface area contributed by atoms with Crippen molar-refractivity contribution in [2.45, 2.75) is 53.8 Å². The highest BCUT2D eigenvalue weighted by Crippen LogP contribution is 2.69. The molecule has 2 bridgehead atoms. The molecule has 3 aromatic rings. The molecule has 0 radical (unpaired) electrons. The van der Waals surface area contributed by atoms with Gasteiger partial charge in [-0.2, -0.15) is 0 Å². The van der Waals surface area contributed by atoms with Gasteiger partial charge >= 0.3 is 10.8 Å². The number of amides is 3. The number of likely N-dealkylation sites (tertiary alicyclic amines) is 1. The summed E-state index contributed by atoms with van der Waals surface area (Å²) >= 11 is 2.61. The Morgan fingerprint density at radius 1 is 1.06 bits per heavy atom. The topological polar surface area (TPSA) is 206 Å². The van der Waals surface area contributed by atoms with Crippen LogP contribution >= 0.6 is 23.1 Å². The molecule has 16 heteroatoms. The van der Waals surface area contributed by atoms with E-state index >= 15 is 0 Å². The highest BCUT2D eigenvalue weighted by Gasteiger charge is 2.70. The number of imide groups is 1. The summed E-state index contributed by atoms with van der Waals surface area (Å²) in [5, 5.41) is 18.4. The first kappa shape index (κ1) is 33.5. The Hall–Kier alpha value is -3.99. The van der Waals surface area contributed by atoms with Crippen LogP contribution in [0.4, 0.5) is 5.69 Å². The van der Waals surface area contributed by atoms with Crippen LogP contribution < -0.4 is 20.1 Å². The number of hydrogen-bond acceptors (Lipinski definition) is 10. The first-order chi connectivity index (χ1) is 23.2. The number of thioether (sulfide) groups is 1. The number of nitrogens with one attached hydrogen (secondary N) is 2. The van der Waals surface area contributed by atoms with Gasteiger partial charge in [0.1, 0.15) is 11.8 Å². The van der Waals surface area contributed by atoms with E-state index in [1.165, 1.54) is 36.0 Å². The van der Waals surface area contributed by atoms with Crippen molar-refractivity contribution in [2.75, 3.05) is 11.9 Å². The maximum Gasteiger partial charge on any atom is 0.326 e. The highest BCUT2D eigenvalue weighted by molar-refractivity contribution is 8.00. The number of H-pyrrole nitrogens is 1. The van der Waals surface area contributed by atoms with Crippen molar-refractivity contribution in [2.24, 2.45) is 40.6 Å². The molecule has 8 atom stereocenters. The maximum atomic E-state index is 14.0. The normalized spacial score (nSPS) is 27.5. The maximum absolute atomic E-state index is 14.0. The van der Waals surface area contributed by atoms with E-state index in [1.807, 2.05) is 26.0 Å². The predicted molar refractivity (Wildman–Crippen MR) is 180 cm³/mol. The largest absolute Gasteiger partial charge is 0.483 e. The fourth-order valence-corrected chi connectivity index (χ4v) is 11.8. The van der Waals surface area contributed by atoms with E-state index < -0.39 is 51.6 Å². The average molecular weight is 727 g/mol. The van der Waals surface area contributed by atoms with Crippen LogP contribution in [0.25, 0.3) is 0 Å². The first-order valence-corrected chi connectivity index (χ1v) is 19.1. The first-order valence-electron chi connectivity index (χ1n) is 15.9. The minimum atomic E-state index is -3.89. The molecule has 258 valence electrons. The Balaban J connectivity index is 1.18. The Bertz CT molecular complexity index is 2030. The van der Waals surface area contributed by atoms with Gasteiger partial charge in [-0.05, 0) is 66.8 Å². The van der Waals surface area contributed by atoms with E-state index in [-0.39, 0.29) is 57.6 Å². The van der Waals surface area contributed by atoms with Gasteiger partial charge in [0.15, 0.2) is 6.61 Å². The van der Waals surface area contributed by atoms with Gasteiger partial charge in [0.05, 0.1) is 21.8 Å². The molecule has 49 heavy (non-hydrogen) atoms. The molecule has 1 aromatic heterocycles. The molecule has 3 amide bonds. The van der Waals surface area contributed by atoms with Crippen LogP contribution in [-0.4, -0.2) is 65.0 Å². The number of carbonyl (C=O) groups is 4. The standard InChI is InChI=1S/C33H34N4O9S3/c1-14(2)11-20(32(41)42)37-30(39)25-18-12-19(26(25)31(37)40)27-24(18)23(28-29(47-27)36-33(43)48-28)17-5-3-4-6-21(17)46-13-22(38)35-15-7-9-16(10-8-15)49(34,44)45/h3-10,14,18-20,23-27H,11-13H2,1-2H3,(H,35,38)(H,36,43)(H,41,42)(H2,34,44,45)/t18?,19?,20?,23-,24?,25?,26?,27?/m1/s1. The number of para-hydroxylation sites is 1. The van der Waals surface area contributed by atoms with E-state index in [9.17, 15) is 37.5 Å². The third kappa shape index (κ3) is 5.77. The molecular weight excluding hydrogens is 693 g/mol. The SMILES string of the molecule is CC(C)CC(C(=O)O)N1C(=O)C2C3CC(C2C1=O)C1C3Sc2[nH]c(=O)sc2[C@@H]1c1ccccc1OCC(=O)Nc1ccc(S(N)(=O)=O)cc1. The molecule has 13 nitrogen and oxygen atoms in total. The number of rotatable bonds is 10. The Labute approximate surface area is 289 Å². The van der Waals surface area contributed by atoms with Gasteiger partial charge in [-0.25, -0.2) is 18.4 Å². The van der Waals surface area contributed by atoms with Crippen molar-refractivity contribution in [1.29, 1.82) is 0 Å². The van der Waals surface area contributed by atoms with Crippen molar-refractivity contribution in [3.63, 3.8) is 0 Å². The Morgan fingerprint density at radius 3 is 2.39 bits per heavy atom. The van der Waals surface area contributed by atoms with Gasteiger partial charge in [0.2, 0.25) is 21.8 Å². The third-order valence-corrected chi connectivity index (χ3v) is 13.6. The van der Waals surface area contributed by atoms with Crippen LogP contribution in [0.1, 0.15) is 43.0 Å². The molecule has 4 aliphatic rings. The third-order valence-electron chi connectivity index (χ3n) is 10.1.